The van der Waals surface area contributed by atoms with E-state index in [-0.39, 0.29) is 0 Å². The third kappa shape index (κ3) is 1.64. The molecule has 0 saturated carbocycles. The summed E-state index contributed by atoms with van der Waals surface area (Å²) in [7, 11) is 0. The maximum Gasteiger partial charge on any atom is 0.182 e. The SMILES string of the molecule is Cc1c(Cl)ccc2[nH]c(=S)n(-c3ccsc3)c12. The molecule has 5 heteroatoms. The first-order chi connectivity index (χ1) is 8.18. The Morgan fingerprint density at radius 2 is 2.18 bits per heavy atom. The molecule has 0 aliphatic heterocycles. The van der Waals surface area contributed by atoms with Crippen LogP contribution in [-0.4, -0.2) is 9.55 Å². The van der Waals surface area contributed by atoms with Crippen molar-refractivity contribution in [3.05, 3.63) is 44.3 Å². The largest absolute Gasteiger partial charge is 0.330 e. The fourth-order valence-corrected chi connectivity index (χ4v) is 3.05. The van der Waals surface area contributed by atoms with Crippen LogP contribution in [0.2, 0.25) is 5.02 Å². The highest BCUT2D eigenvalue weighted by Gasteiger charge is 2.11. The van der Waals surface area contributed by atoms with Crippen molar-refractivity contribution < 1.29 is 0 Å². The number of aryl methyl sites for hydroxylation is 1. The summed E-state index contributed by atoms with van der Waals surface area (Å²) < 4.78 is 2.73. The molecular weight excluding hydrogens is 272 g/mol. The lowest BCUT2D eigenvalue weighted by Gasteiger charge is -2.05. The van der Waals surface area contributed by atoms with Crippen LogP contribution in [0.4, 0.5) is 0 Å². The Morgan fingerprint density at radius 3 is 2.88 bits per heavy atom. The van der Waals surface area contributed by atoms with E-state index < -0.39 is 0 Å². The highest BCUT2D eigenvalue weighted by Crippen LogP contribution is 2.28. The van der Waals surface area contributed by atoms with Crippen molar-refractivity contribution in [2.75, 3.05) is 0 Å². The summed E-state index contributed by atoms with van der Waals surface area (Å²) in [6.45, 7) is 2.01. The lowest BCUT2D eigenvalue weighted by Crippen LogP contribution is -1.93. The molecule has 1 N–H and O–H groups in total. The van der Waals surface area contributed by atoms with E-state index in [0.717, 1.165) is 27.3 Å². The molecule has 0 bridgehead atoms. The molecular formula is C12H9ClN2S2. The van der Waals surface area contributed by atoms with Gasteiger partial charge in [-0.25, -0.2) is 0 Å². The number of aromatic amines is 1. The number of hydrogen-bond donors (Lipinski definition) is 1. The van der Waals surface area contributed by atoms with E-state index in [4.69, 9.17) is 23.8 Å². The zero-order valence-corrected chi connectivity index (χ0v) is 11.4. The van der Waals surface area contributed by atoms with Gasteiger partial charge in [0.15, 0.2) is 4.77 Å². The molecule has 2 aromatic heterocycles. The second-order valence-corrected chi connectivity index (χ2v) is 5.39. The minimum Gasteiger partial charge on any atom is -0.330 e. The van der Waals surface area contributed by atoms with Crippen molar-refractivity contribution in [1.82, 2.24) is 9.55 Å². The Kier molecular flexibility index (Phi) is 2.58. The van der Waals surface area contributed by atoms with Crippen molar-refractivity contribution >= 4 is 46.2 Å². The summed E-state index contributed by atoms with van der Waals surface area (Å²) in [5, 5.41) is 4.87. The number of thiophene rings is 1. The number of imidazole rings is 1. The van der Waals surface area contributed by atoms with Crippen LogP contribution in [0.5, 0.6) is 0 Å². The topological polar surface area (TPSA) is 20.7 Å². The first-order valence-electron chi connectivity index (χ1n) is 5.11. The Labute approximate surface area is 112 Å². The summed E-state index contributed by atoms with van der Waals surface area (Å²) in [5.74, 6) is 0. The van der Waals surface area contributed by atoms with Gasteiger partial charge in [0.1, 0.15) is 0 Å². The van der Waals surface area contributed by atoms with Gasteiger partial charge in [-0.15, -0.1) is 0 Å². The number of halogens is 1. The van der Waals surface area contributed by atoms with E-state index in [0.29, 0.717) is 4.77 Å². The fraction of sp³-hybridized carbons (Fsp3) is 0.0833. The van der Waals surface area contributed by atoms with Gasteiger partial charge in [-0.05, 0) is 48.3 Å². The molecule has 0 aliphatic carbocycles. The lowest BCUT2D eigenvalue weighted by atomic mass is 10.2. The minimum absolute atomic E-state index is 0.698. The number of fused-ring (bicyclic) bond motifs is 1. The van der Waals surface area contributed by atoms with Gasteiger partial charge in [0, 0.05) is 10.4 Å². The van der Waals surface area contributed by atoms with Gasteiger partial charge < -0.3 is 4.98 Å². The average Bonchev–Trinajstić information content (AvgIpc) is 2.90. The highest BCUT2D eigenvalue weighted by molar-refractivity contribution is 7.71. The van der Waals surface area contributed by atoms with E-state index in [1.165, 1.54) is 0 Å². The molecule has 0 amide bonds. The summed E-state index contributed by atoms with van der Waals surface area (Å²) >= 11 is 13.2. The number of aromatic nitrogens is 2. The van der Waals surface area contributed by atoms with Crippen LogP contribution in [0.15, 0.2) is 29.0 Å². The lowest BCUT2D eigenvalue weighted by molar-refractivity contribution is 1.07. The van der Waals surface area contributed by atoms with Crippen molar-refractivity contribution in [3.63, 3.8) is 0 Å². The van der Waals surface area contributed by atoms with E-state index in [9.17, 15) is 0 Å². The molecule has 1 aromatic carbocycles. The first kappa shape index (κ1) is 11.0. The van der Waals surface area contributed by atoms with Crippen molar-refractivity contribution in [2.24, 2.45) is 0 Å². The molecule has 3 aromatic rings. The van der Waals surface area contributed by atoms with Gasteiger partial charge in [0.05, 0.1) is 16.7 Å². The molecule has 2 heterocycles. The van der Waals surface area contributed by atoms with E-state index >= 15 is 0 Å². The Hall–Kier alpha value is -1.10. The summed E-state index contributed by atoms with van der Waals surface area (Å²) in [4.78, 5) is 3.21. The van der Waals surface area contributed by atoms with E-state index in [1.54, 1.807) is 11.3 Å². The number of benzene rings is 1. The number of nitrogens with one attached hydrogen (secondary N) is 1. The average molecular weight is 281 g/mol. The Bertz CT molecular complexity index is 738. The maximum absolute atomic E-state index is 6.17. The van der Waals surface area contributed by atoms with Crippen molar-refractivity contribution in [2.45, 2.75) is 6.92 Å². The molecule has 0 fully saturated rings. The predicted octanol–water partition coefficient (Wildman–Crippen LogP) is 4.71. The van der Waals surface area contributed by atoms with Gasteiger partial charge in [-0.3, -0.25) is 4.57 Å². The number of rotatable bonds is 1. The van der Waals surface area contributed by atoms with Crippen LogP contribution in [0.3, 0.4) is 0 Å². The zero-order valence-electron chi connectivity index (χ0n) is 9.03. The molecule has 2 nitrogen and oxygen atoms in total. The van der Waals surface area contributed by atoms with Gasteiger partial charge in [-0.2, -0.15) is 11.3 Å². The first-order valence-corrected chi connectivity index (χ1v) is 6.84. The summed E-state index contributed by atoms with van der Waals surface area (Å²) in [6, 6.07) is 5.90. The van der Waals surface area contributed by atoms with Gasteiger partial charge in [0.25, 0.3) is 0 Å². The molecule has 0 unspecified atom stereocenters. The number of nitrogens with zero attached hydrogens (tertiary/aromatic N) is 1. The van der Waals surface area contributed by atoms with Crippen LogP contribution in [0, 0.1) is 11.7 Å². The quantitative estimate of drug-likeness (QED) is 0.640. The smallest absolute Gasteiger partial charge is 0.182 e. The molecule has 0 saturated heterocycles. The van der Waals surface area contributed by atoms with E-state index in [2.05, 4.69) is 10.4 Å². The van der Waals surface area contributed by atoms with Crippen LogP contribution in [0.1, 0.15) is 5.56 Å². The molecule has 0 aliphatic rings. The van der Waals surface area contributed by atoms with Gasteiger partial charge in [0.2, 0.25) is 0 Å². The minimum atomic E-state index is 0.698. The molecule has 0 spiro atoms. The van der Waals surface area contributed by atoms with Crippen molar-refractivity contribution in [3.8, 4) is 5.69 Å². The summed E-state index contributed by atoms with van der Waals surface area (Å²) in [5.41, 5.74) is 4.20. The third-order valence-corrected chi connectivity index (χ3v) is 4.16. The van der Waals surface area contributed by atoms with Crippen LogP contribution < -0.4 is 0 Å². The maximum atomic E-state index is 6.17. The fourth-order valence-electron chi connectivity index (χ4n) is 1.97. The van der Waals surface area contributed by atoms with Crippen LogP contribution >= 0.6 is 35.2 Å². The second-order valence-electron chi connectivity index (χ2n) is 3.82. The zero-order chi connectivity index (χ0) is 12.0. The predicted molar refractivity (Wildman–Crippen MR) is 76.1 cm³/mol. The number of hydrogen-bond acceptors (Lipinski definition) is 2. The third-order valence-electron chi connectivity index (χ3n) is 2.80. The molecule has 0 atom stereocenters. The summed E-state index contributed by atoms with van der Waals surface area (Å²) in [6.07, 6.45) is 0. The molecule has 17 heavy (non-hydrogen) atoms. The van der Waals surface area contributed by atoms with Crippen molar-refractivity contribution in [1.29, 1.82) is 0 Å². The monoisotopic (exact) mass is 280 g/mol. The Balaban J connectivity index is 2.50. The normalized spacial score (nSPS) is 11.2. The van der Waals surface area contributed by atoms with Crippen LogP contribution in [0.25, 0.3) is 16.7 Å². The molecule has 86 valence electrons. The highest BCUT2D eigenvalue weighted by atomic mass is 35.5. The second kappa shape index (κ2) is 3.98. The van der Waals surface area contributed by atoms with Crippen LogP contribution in [-0.2, 0) is 0 Å². The molecule has 3 rings (SSSR count). The Morgan fingerprint density at radius 1 is 1.35 bits per heavy atom. The molecule has 0 radical (unpaired) electrons. The standard InChI is InChI=1S/C12H9ClN2S2/c1-7-9(13)2-3-10-11(7)15(12(16)14-10)8-4-5-17-6-8/h2-6H,1H3,(H,14,16). The number of H-pyrrole nitrogens is 1. The van der Waals surface area contributed by atoms with E-state index in [1.807, 2.05) is 35.1 Å². The van der Waals surface area contributed by atoms with Gasteiger partial charge in [-0.1, -0.05) is 11.6 Å². The van der Waals surface area contributed by atoms with Gasteiger partial charge >= 0.3 is 0 Å².